The van der Waals surface area contributed by atoms with Gasteiger partial charge in [0.25, 0.3) is 5.91 Å². The summed E-state index contributed by atoms with van der Waals surface area (Å²) in [6.07, 6.45) is 1.57. The van der Waals surface area contributed by atoms with Crippen LogP contribution in [0.1, 0.15) is 21.1 Å². The highest BCUT2D eigenvalue weighted by Crippen LogP contribution is 2.08. The fourth-order valence-electron chi connectivity index (χ4n) is 1.11. The van der Waals surface area contributed by atoms with Crippen LogP contribution in [0.15, 0.2) is 22.8 Å². The minimum Gasteiger partial charge on any atom is -0.467 e. The van der Waals surface area contributed by atoms with Crippen molar-refractivity contribution in [2.75, 3.05) is 0 Å². The van der Waals surface area contributed by atoms with Crippen LogP contribution in [0.25, 0.3) is 0 Å². The van der Waals surface area contributed by atoms with Crippen molar-refractivity contribution in [1.29, 1.82) is 0 Å². The molecule has 0 radical (unpaired) electrons. The third kappa shape index (κ3) is 2.21. The van der Waals surface area contributed by atoms with Gasteiger partial charge in [-0.05, 0) is 30.6 Å². The largest absolute Gasteiger partial charge is 0.467 e. The molecule has 0 spiro atoms. The van der Waals surface area contributed by atoms with Crippen LogP contribution in [-0.2, 0) is 6.54 Å². The van der Waals surface area contributed by atoms with E-state index < -0.39 is 0 Å². The highest BCUT2D eigenvalue weighted by molar-refractivity contribution is 7.05. The summed E-state index contributed by atoms with van der Waals surface area (Å²) in [4.78, 5) is 12.4. The number of hydrogen-bond donors (Lipinski definition) is 1. The summed E-state index contributed by atoms with van der Waals surface area (Å²) in [7, 11) is 0. The normalized spacial score (nSPS) is 10.2. The van der Waals surface area contributed by atoms with Gasteiger partial charge >= 0.3 is 0 Å². The number of hydrogen-bond acceptors (Lipinski definition) is 5. The second-order valence-electron chi connectivity index (χ2n) is 2.94. The van der Waals surface area contributed by atoms with Crippen LogP contribution >= 0.6 is 11.5 Å². The number of carbonyl (C=O) groups excluding carboxylic acids is 1. The molecule has 0 saturated heterocycles. The second kappa shape index (κ2) is 4.22. The molecule has 1 amide bonds. The second-order valence-corrected chi connectivity index (χ2v) is 3.90. The van der Waals surface area contributed by atoms with Gasteiger partial charge in [-0.1, -0.05) is 4.49 Å². The van der Waals surface area contributed by atoms with E-state index in [1.165, 1.54) is 11.5 Å². The van der Waals surface area contributed by atoms with Crippen molar-refractivity contribution < 1.29 is 9.21 Å². The summed E-state index contributed by atoms with van der Waals surface area (Å²) in [5.74, 6) is 0.488. The first kappa shape index (κ1) is 9.85. The first-order valence-electron chi connectivity index (χ1n) is 4.37. The summed E-state index contributed by atoms with van der Waals surface area (Å²) in [6.45, 7) is 2.18. The summed E-state index contributed by atoms with van der Waals surface area (Å²) in [6, 6.07) is 3.57. The van der Waals surface area contributed by atoms with Crippen molar-refractivity contribution in [3.63, 3.8) is 0 Å². The molecule has 2 aromatic heterocycles. The Morgan fingerprint density at radius 3 is 3.13 bits per heavy atom. The Morgan fingerprint density at radius 1 is 1.67 bits per heavy atom. The molecular weight excluding hydrogens is 214 g/mol. The molecule has 0 unspecified atom stereocenters. The number of amides is 1. The highest BCUT2D eigenvalue weighted by Gasteiger charge is 2.12. The average Bonchev–Trinajstić information content (AvgIpc) is 2.84. The SMILES string of the molecule is Cc1snnc1C(=O)NCc1ccco1. The zero-order valence-corrected chi connectivity index (χ0v) is 8.87. The van der Waals surface area contributed by atoms with Crippen molar-refractivity contribution in [1.82, 2.24) is 14.9 Å². The monoisotopic (exact) mass is 223 g/mol. The van der Waals surface area contributed by atoms with Crippen molar-refractivity contribution in [3.05, 3.63) is 34.7 Å². The lowest BCUT2D eigenvalue weighted by Gasteiger charge is -2.00. The first-order chi connectivity index (χ1) is 7.27. The molecule has 6 heteroatoms. The molecule has 0 aromatic carbocycles. The zero-order chi connectivity index (χ0) is 10.7. The molecule has 0 aliphatic carbocycles. The van der Waals surface area contributed by atoms with Crippen molar-refractivity contribution in [3.8, 4) is 0 Å². The Kier molecular flexibility index (Phi) is 2.77. The number of furan rings is 1. The number of rotatable bonds is 3. The molecule has 78 valence electrons. The van der Waals surface area contributed by atoms with E-state index in [0.29, 0.717) is 18.0 Å². The van der Waals surface area contributed by atoms with Crippen LogP contribution < -0.4 is 5.32 Å². The van der Waals surface area contributed by atoms with Gasteiger partial charge in [0, 0.05) is 0 Å². The molecule has 15 heavy (non-hydrogen) atoms. The van der Waals surface area contributed by atoms with E-state index in [-0.39, 0.29) is 5.91 Å². The third-order valence-corrected chi connectivity index (χ3v) is 2.50. The number of nitrogens with zero attached hydrogens (tertiary/aromatic N) is 2. The van der Waals surface area contributed by atoms with Gasteiger partial charge in [-0.15, -0.1) is 5.10 Å². The van der Waals surface area contributed by atoms with Gasteiger partial charge < -0.3 is 9.73 Å². The summed E-state index contributed by atoms with van der Waals surface area (Å²) in [5, 5.41) is 6.44. The van der Waals surface area contributed by atoms with Gasteiger partial charge in [-0.2, -0.15) is 0 Å². The zero-order valence-electron chi connectivity index (χ0n) is 8.06. The van der Waals surface area contributed by atoms with E-state index in [1.807, 2.05) is 6.92 Å². The number of nitrogens with one attached hydrogen (secondary N) is 1. The molecule has 1 N–H and O–H groups in total. The maximum atomic E-state index is 11.6. The lowest BCUT2D eigenvalue weighted by atomic mass is 10.3. The van der Waals surface area contributed by atoms with Crippen molar-refractivity contribution >= 4 is 17.4 Å². The molecule has 0 fully saturated rings. The van der Waals surface area contributed by atoms with Crippen molar-refractivity contribution in [2.24, 2.45) is 0 Å². The predicted octanol–water partition coefficient (Wildman–Crippen LogP) is 1.37. The topological polar surface area (TPSA) is 68.0 Å². The lowest BCUT2D eigenvalue weighted by molar-refractivity contribution is 0.0942. The molecule has 0 aliphatic heterocycles. The summed E-state index contributed by atoms with van der Waals surface area (Å²) in [5.41, 5.74) is 0.381. The van der Waals surface area contributed by atoms with Gasteiger partial charge in [0.05, 0.1) is 17.7 Å². The molecule has 5 nitrogen and oxygen atoms in total. The maximum absolute atomic E-state index is 11.6. The lowest BCUT2D eigenvalue weighted by Crippen LogP contribution is -2.23. The molecule has 0 bridgehead atoms. The molecule has 0 aliphatic rings. The standard InChI is InChI=1S/C9H9N3O2S/c1-6-8(11-12-15-6)9(13)10-5-7-3-2-4-14-7/h2-4H,5H2,1H3,(H,10,13). The minimum atomic E-state index is -0.224. The minimum absolute atomic E-state index is 0.224. The number of carbonyl (C=O) groups is 1. The van der Waals surface area contributed by atoms with Crippen LogP contribution in [0.2, 0.25) is 0 Å². The summed E-state index contributed by atoms with van der Waals surface area (Å²) >= 11 is 1.21. The Balaban J connectivity index is 1.96. The fourth-order valence-corrected chi connectivity index (χ4v) is 1.57. The quantitative estimate of drug-likeness (QED) is 0.853. The van der Waals surface area contributed by atoms with Gasteiger partial charge in [0.15, 0.2) is 5.69 Å². The van der Waals surface area contributed by atoms with Crippen LogP contribution in [0.3, 0.4) is 0 Å². The van der Waals surface area contributed by atoms with Crippen LogP contribution in [0.4, 0.5) is 0 Å². The Labute approximate surface area is 90.3 Å². The van der Waals surface area contributed by atoms with E-state index in [0.717, 1.165) is 4.88 Å². The van der Waals surface area contributed by atoms with Gasteiger partial charge in [0.1, 0.15) is 5.76 Å². The molecule has 2 aromatic rings. The van der Waals surface area contributed by atoms with E-state index in [9.17, 15) is 4.79 Å². The molecular formula is C9H9N3O2S. The Hall–Kier alpha value is -1.69. The molecule has 2 heterocycles. The number of aryl methyl sites for hydroxylation is 1. The van der Waals surface area contributed by atoms with E-state index in [1.54, 1.807) is 18.4 Å². The molecule has 0 atom stereocenters. The van der Waals surface area contributed by atoms with Crippen LogP contribution in [-0.4, -0.2) is 15.5 Å². The van der Waals surface area contributed by atoms with Crippen LogP contribution in [0, 0.1) is 6.92 Å². The van der Waals surface area contributed by atoms with E-state index >= 15 is 0 Å². The Morgan fingerprint density at radius 2 is 2.53 bits per heavy atom. The average molecular weight is 223 g/mol. The predicted molar refractivity (Wildman–Crippen MR) is 54.5 cm³/mol. The first-order valence-corrected chi connectivity index (χ1v) is 5.14. The maximum Gasteiger partial charge on any atom is 0.273 e. The van der Waals surface area contributed by atoms with Gasteiger partial charge in [0.2, 0.25) is 0 Å². The summed E-state index contributed by atoms with van der Waals surface area (Å²) < 4.78 is 8.78. The van der Waals surface area contributed by atoms with Crippen molar-refractivity contribution in [2.45, 2.75) is 13.5 Å². The molecule has 2 rings (SSSR count). The van der Waals surface area contributed by atoms with Crippen LogP contribution in [0.5, 0.6) is 0 Å². The molecule has 0 saturated carbocycles. The van der Waals surface area contributed by atoms with E-state index in [4.69, 9.17) is 4.42 Å². The number of aromatic nitrogens is 2. The van der Waals surface area contributed by atoms with Gasteiger partial charge in [-0.25, -0.2) is 0 Å². The third-order valence-electron chi connectivity index (χ3n) is 1.87. The van der Waals surface area contributed by atoms with E-state index in [2.05, 4.69) is 14.9 Å². The van der Waals surface area contributed by atoms with Gasteiger partial charge in [-0.3, -0.25) is 4.79 Å². The Bertz CT molecular complexity index is 450. The fraction of sp³-hybridized carbons (Fsp3) is 0.222. The smallest absolute Gasteiger partial charge is 0.273 e. The highest BCUT2D eigenvalue weighted by atomic mass is 32.1.